The summed E-state index contributed by atoms with van der Waals surface area (Å²) >= 11 is 0. The van der Waals surface area contributed by atoms with Crippen molar-refractivity contribution < 1.29 is 9.59 Å². The van der Waals surface area contributed by atoms with E-state index in [0.29, 0.717) is 36.9 Å². The van der Waals surface area contributed by atoms with E-state index >= 15 is 0 Å². The second-order valence-corrected chi connectivity index (χ2v) is 8.56. The molecule has 0 saturated carbocycles. The van der Waals surface area contributed by atoms with Crippen LogP contribution in [0.3, 0.4) is 0 Å². The van der Waals surface area contributed by atoms with E-state index in [9.17, 15) is 9.59 Å². The maximum Gasteiger partial charge on any atom is 0.220 e. The van der Waals surface area contributed by atoms with E-state index in [4.69, 9.17) is 0 Å². The number of fused-ring (bicyclic) bond motifs is 2. The smallest absolute Gasteiger partial charge is 0.220 e. The van der Waals surface area contributed by atoms with E-state index in [1.165, 1.54) is 25.7 Å². The van der Waals surface area contributed by atoms with Crippen molar-refractivity contribution in [3.8, 4) is 0 Å². The van der Waals surface area contributed by atoms with Crippen LogP contribution in [0.4, 0.5) is 0 Å². The summed E-state index contributed by atoms with van der Waals surface area (Å²) in [5, 5.41) is 3.03. The summed E-state index contributed by atoms with van der Waals surface area (Å²) < 4.78 is 0. The van der Waals surface area contributed by atoms with E-state index in [2.05, 4.69) is 15.1 Å². The van der Waals surface area contributed by atoms with Gasteiger partial charge >= 0.3 is 0 Å². The second-order valence-electron chi connectivity index (χ2n) is 8.56. The van der Waals surface area contributed by atoms with Gasteiger partial charge in [-0.05, 0) is 57.0 Å². The zero-order valence-electron chi connectivity index (χ0n) is 14.9. The maximum atomic E-state index is 11.9. The van der Waals surface area contributed by atoms with Crippen molar-refractivity contribution in [2.24, 2.45) is 5.41 Å². The van der Waals surface area contributed by atoms with Crippen LogP contribution in [0, 0.1) is 5.41 Å². The number of hydrogen-bond acceptors (Lipinski definition) is 4. The molecule has 134 valence electrons. The molecule has 4 aliphatic rings. The van der Waals surface area contributed by atoms with Crippen molar-refractivity contribution in [3.05, 3.63) is 0 Å². The highest BCUT2D eigenvalue weighted by molar-refractivity contribution is 5.80. The number of carbonyl (C=O) groups is 2. The summed E-state index contributed by atoms with van der Waals surface area (Å²) in [6.45, 7) is 5.83. The summed E-state index contributed by atoms with van der Waals surface area (Å²) in [7, 11) is 0. The molecule has 1 spiro atoms. The molecule has 4 saturated heterocycles. The predicted octanol–water partition coefficient (Wildman–Crippen LogP) is 1.56. The molecule has 2 atom stereocenters. The fourth-order valence-electron chi connectivity index (χ4n) is 5.59. The number of nitrogens with zero attached hydrogens (tertiary/aromatic N) is 2. The molecule has 0 aliphatic carbocycles. The van der Waals surface area contributed by atoms with Crippen LogP contribution >= 0.6 is 0 Å². The normalized spacial score (nSPS) is 36.2. The van der Waals surface area contributed by atoms with Crippen LogP contribution < -0.4 is 5.32 Å². The Labute approximate surface area is 145 Å². The predicted molar refractivity (Wildman–Crippen MR) is 92.7 cm³/mol. The molecule has 1 N–H and O–H groups in total. The minimum absolute atomic E-state index is 0.246. The number of ketones is 1. The number of Topliss-reactive ketones (excluding diaryl/α,β-unsaturated/α-hetero) is 1. The fraction of sp³-hybridized carbons (Fsp3) is 0.895. The van der Waals surface area contributed by atoms with E-state index in [-0.39, 0.29) is 11.3 Å². The molecule has 0 aromatic rings. The zero-order chi connectivity index (χ0) is 16.7. The topological polar surface area (TPSA) is 52.7 Å². The van der Waals surface area contributed by atoms with Crippen molar-refractivity contribution in [3.63, 3.8) is 0 Å². The summed E-state index contributed by atoms with van der Waals surface area (Å²) in [5.74, 6) is 0.638. The third-order valence-electron chi connectivity index (χ3n) is 7.18. The van der Waals surface area contributed by atoms with Crippen LogP contribution in [0.1, 0.15) is 58.3 Å². The van der Waals surface area contributed by atoms with Gasteiger partial charge in [0, 0.05) is 37.5 Å². The molecule has 2 unspecified atom stereocenters. The molecule has 5 heteroatoms. The van der Waals surface area contributed by atoms with Crippen molar-refractivity contribution in [1.29, 1.82) is 0 Å². The van der Waals surface area contributed by atoms with E-state index in [1.807, 2.05) is 6.92 Å². The number of amides is 1. The van der Waals surface area contributed by atoms with Crippen LogP contribution in [0.25, 0.3) is 0 Å². The van der Waals surface area contributed by atoms with Crippen LogP contribution in [-0.2, 0) is 9.59 Å². The van der Waals surface area contributed by atoms with Crippen molar-refractivity contribution in [2.75, 3.05) is 26.2 Å². The van der Waals surface area contributed by atoms with E-state index in [1.54, 1.807) is 0 Å². The minimum atomic E-state index is 0.246. The highest BCUT2D eigenvalue weighted by atomic mass is 16.2. The van der Waals surface area contributed by atoms with Gasteiger partial charge in [-0.25, -0.2) is 0 Å². The number of piperidine rings is 2. The van der Waals surface area contributed by atoms with Crippen LogP contribution in [0.15, 0.2) is 0 Å². The first-order valence-corrected chi connectivity index (χ1v) is 9.87. The molecule has 4 rings (SSSR count). The minimum Gasteiger partial charge on any atom is -0.356 e. The van der Waals surface area contributed by atoms with Gasteiger partial charge in [0.05, 0.1) is 6.54 Å². The Morgan fingerprint density at radius 2 is 1.83 bits per heavy atom. The Bertz CT molecular complexity index is 499. The fourth-order valence-corrected chi connectivity index (χ4v) is 5.59. The lowest BCUT2D eigenvalue weighted by molar-refractivity contribution is -0.122. The Morgan fingerprint density at radius 3 is 2.38 bits per heavy atom. The lowest BCUT2D eigenvalue weighted by Crippen LogP contribution is -2.54. The molecule has 1 amide bonds. The first-order valence-electron chi connectivity index (χ1n) is 9.87. The molecule has 24 heavy (non-hydrogen) atoms. The lowest BCUT2D eigenvalue weighted by Gasteiger charge is -2.47. The maximum absolute atomic E-state index is 11.9. The molecule has 0 aromatic carbocycles. The number of hydrogen-bond donors (Lipinski definition) is 1. The lowest BCUT2D eigenvalue weighted by atomic mass is 9.77. The molecule has 5 nitrogen and oxygen atoms in total. The quantitative estimate of drug-likeness (QED) is 0.848. The molecule has 0 aromatic heterocycles. The largest absolute Gasteiger partial charge is 0.356 e. The van der Waals surface area contributed by atoms with Gasteiger partial charge in [0.2, 0.25) is 5.91 Å². The number of likely N-dealkylation sites (tertiary alicyclic amines) is 1. The van der Waals surface area contributed by atoms with Gasteiger partial charge in [0.15, 0.2) is 0 Å². The summed E-state index contributed by atoms with van der Waals surface area (Å²) in [6.07, 6.45) is 8.74. The van der Waals surface area contributed by atoms with Crippen LogP contribution in [-0.4, -0.2) is 65.8 Å². The monoisotopic (exact) mass is 333 g/mol. The van der Waals surface area contributed by atoms with Crippen molar-refractivity contribution in [2.45, 2.75) is 76.4 Å². The Balaban J connectivity index is 1.33. The van der Waals surface area contributed by atoms with Crippen LogP contribution in [0.5, 0.6) is 0 Å². The highest BCUT2D eigenvalue weighted by Crippen LogP contribution is 2.42. The van der Waals surface area contributed by atoms with Gasteiger partial charge in [-0.3, -0.25) is 14.5 Å². The highest BCUT2D eigenvalue weighted by Gasteiger charge is 2.46. The number of nitrogens with one attached hydrogen (secondary N) is 1. The summed E-state index contributed by atoms with van der Waals surface area (Å²) in [4.78, 5) is 28.7. The van der Waals surface area contributed by atoms with Gasteiger partial charge in [-0.2, -0.15) is 0 Å². The van der Waals surface area contributed by atoms with Gasteiger partial charge in [-0.1, -0.05) is 6.92 Å². The molecular weight excluding hydrogens is 302 g/mol. The summed E-state index contributed by atoms with van der Waals surface area (Å²) in [5.41, 5.74) is 0.251. The van der Waals surface area contributed by atoms with Crippen LogP contribution in [0.2, 0.25) is 0 Å². The molecule has 4 fully saturated rings. The van der Waals surface area contributed by atoms with E-state index in [0.717, 1.165) is 38.9 Å². The number of carbonyl (C=O) groups excluding carboxylic acids is 2. The van der Waals surface area contributed by atoms with Gasteiger partial charge < -0.3 is 10.2 Å². The average Bonchev–Trinajstić information content (AvgIpc) is 3.03. The molecule has 4 heterocycles. The third-order valence-corrected chi connectivity index (χ3v) is 7.18. The first-order chi connectivity index (χ1) is 11.6. The Morgan fingerprint density at radius 1 is 1.17 bits per heavy atom. The molecule has 2 bridgehead atoms. The van der Waals surface area contributed by atoms with Gasteiger partial charge in [0.25, 0.3) is 0 Å². The Kier molecular flexibility index (Phi) is 4.42. The standard InChI is InChI=1S/C19H31N3O2/c1-2-17(23)12-22-14-3-4-15(22)10-16(9-14)21-7-5-19(6-8-21)11-18(24)20-13-19/h14-16H,2-13H2,1H3,(H,20,24). The van der Waals surface area contributed by atoms with Gasteiger partial charge in [0.1, 0.15) is 5.78 Å². The van der Waals surface area contributed by atoms with Gasteiger partial charge in [-0.15, -0.1) is 0 Å². The second kappa shape index (κ2) is 6.41. The van der Waals surface area contributed by atoms with Crippen molar-refractivity contribution >= 4 is 11.7 Å². The summed E-state index contributed by atoms with van der Waals surface area (Å²) in [6, 6.07) is 1.93. The molecule has 4 aliphatic heterocycles. The van der Waals surface area contributed by atoms with E-state index < -0.39 is 0 Å². The average molecular weight is 333 g/mol. The molecule has 0 radical (unpaired) electrons. The number of rotatable bonds is 4. The molecular formula is C19H31N3O2. The zero-order valence-corrected chi connectivity index (χ0v) is 14.9. The third kappa shape index (κ3) is 3.01. The first kappa shape index (κ1) is 16.5. The SMILES string of the molecule is CCC(=O)CN1C2CCC1CC(N1CCC3(CC1)CNC(=O)C3)C2. The Hall–Kier alpha value is -0.940. The van der Waals surface area contributed by atoms with Crippen molar-refractivity contribution in [1.82, 2.24) is 15.1 Å².